The first-order valence-corrected chi connectivity index (χ1v) is 10.6. The van der Waals surface area contributed by atoms with Crippen molar-refractivity contribution in [2.75, 3.05) is 11.4 Å². The molecular formula is C24H17F2N5O4. The molecule has 35 heavy (non-hydrogen) atoms. The average molecular weight is 477 g/mol. The summed E-state index contributed by atoms with van der Waals surface area (Å²) in [6, 6.07) is 14.4. The number of H-pyrrole nitrogens is 1. The maximum Gasteiger partial charge on any atom is 0.586 e. The number of aromatic nitrogens is 3. The van der Waals surface area contributed by atoms with E-state index in [1.165, 1.54) is 23.1 Å². The Labute approximate surface area is 196 Å². The molecule has 176 valence electrons. The number of hydrogen-bond acceptors (Lipinski definition) is 6. The van der Waals surface area contributed by atoms with Gasteiger partial charge in [0.2, 0.25) is 5.91 Å². The van der Waals surface area contributed by atoms with Gasteiger partial charge in [-0.25, -0.2) is 4.68 Å². The van der Waals surface area contributed by atoms with Gasteiger partial charge < -0.3 is 19.4 Å². The van der Waals surface area contributed by atoms with Crippen molar-refractivity contribution in [2.24, 2.45) is 0 Å². The van der Waals surface area contributed by atoms with Crippen molar-refractivity contribution in [3.05, 3.63) is 70.6 Å². The fourth-order valence-electron chi connectivity index (χ4n) is 3.97. The van der Waals surface area contributed by atoms with Crippen molar-refractivity contribution < 1.29 is 23.0 Å². The summed E-state index contributed by atoms with van der Waals surface area (Å²) in [6.45, 7) is 1.51. The second-order valence-corrected chi connectivity index (χ2v) is 7.71. The van der Waals surface area contributed by atoms with Crippen molar-refractivity contribution in [3.63, 3.8) is 0 Å². The van der Waals surface area contributed by atoms with Crippen molar-refractivity contribution in [1.82, 2.24) is 14.8 Å². The van der Waals surface area contributed by atoms with Crippen LogP contribution in [0.15, 0.2) is 59.5 Å². The number of rotatable bonds is 5. The number of benzene rings is 2. The molecule has 0 spiro atoms. The predicted molar refractivity (Wildman–Crippen MR) is 121 cm³/mol. The van der Waals surface area contributed by atoms with Gasteiger partial charge in [0.1, 0.15) is 12.2 Å². The van der Waals surface area contributed by atoms with Gasteiger partial charge in [-0.3, -0.25) is 9.59 Å². The lowest BCUT2D eigenvalue weighted by Crippen LogP contribution is -2.37. The zero-order chi connectivity index (χ0) is 24.7. The van der Waals surface area contributed by atoms with Crippen molar-refractivity contribution in [3.8, 4) is 28.8 Å². The van der Waals surface area contributed by atoms with E-state index in [9.17, 15) is 23.6 Å². The van der Waals surface area contributed by atoms with Gasteiger partial charge in [-0.05, 0) is 37.3 Å². The molecule has 0 aliphatic carbocycles. The van der Waals surface area contributed by atoms with Crippen LogP contribution in [0.2, 0.25) is 0 Å². The summed E-state index contributed by atoms with van der Waals surface area (Å²) < 4.78 is 36.7. The van der Waals surface area contributed by atoms with Crippen molar-refractivity contribution in [1.29, 1.82) is 5.26 Å². The Morgan fingerprint density at radius 3 is 2.77 bits per heavy atom. The van der Waals surface area contributed by atoms with E-state index in [2.05, 4.69) is 25.6 Å². The quantitative estimate of drug-likeness (QED) is 0.470. The molecule has 11 heteroatoms. The highest BCUT2D eigenvalue weighted by atomic mass is 19.3. The number of carbonyl (C=O) groups is 1. The lowest BCUT2D eigenvalue weighted by atomic mass is 10.1. The predicted octanol–water partition coefficient (Wildman–Crippen LogP) is 3.64. The van der Waals surface area contributed by atoms with Crippen LogP contribution in [0.5, 0.6) is 11.5 Å². The molecule has 0 radical (unpaired) electrons. The minimum Gasteiger partial charge on any atom is -0.395 e. The van der Waals surface area contributed by atoms with E-state index in [0.29, 0.717) is 33.4 Å². The Kier molecular flexibility index (Phi) is 5.21. The lowest BCUT2D eigenvalue weighted by molar-refractivity contribution is -0.286. The maximum atomic E-state index is 13.4. The largest absolute Gasteiger partial charge is 0.586 e. The number of likely N-dealkylation sites (N-methyl/N-ethyl adjacent to an activating group) is 1. The zero-order valence-corrected chi connectivity index (χ0v) is 18.3. The molecule has 0 unspecified atom stereocenters. The van der Waals surface area contributed by atoms with Gasteiger partial charge in [0.25, 0.3) is 5.56 Å². The molecule has 1 aliphatic rings. The summed E-state index contributed by atoms with van der Waals surface area (Å²) in [5.41, 5.74) is 1.73. The summed E-state index contributed by atoms with van der Waals surface area (Å²) in [6.07, 6.45) is -2.18. The first kappa shape index (κ1) is 22.1. The molecule has 0 saturated carbocycles. The molecule has 2 aromatic carbocycles. The number of nitrogens with one attached hydrogen (secondary N) is 1. The third kappa shape index (κ3) is 3.95. The van der Waals surface area contributed by atoms with Crippen LogP contribution in [0.3, 0.4) is 0 Å². The highest BCUT2D eigenvalue weighted by molar-refractivity contribution is 5.94. The average Bonchev–Trinajstić information content (AvgIpc) is 3.44. The number of hydrogen-bond donors (Lipinski definition) is 1. The van der Waals surface area contributed by atoms with E-state index in [4.69, 9.17) is 0 Å². The smallest absolute Gasteiger partial charge is 0.395 e. The Morgan fingerprint density at radius 2 is 2.00 bits per heavy atom. The molecule has 1 aliphatic heterocycles. The summed E-state index contributed by atoms with van der Waals surface area (Å²) in [7, 11) is 0. The van der Waals surface area contributed by atoms with Gasteiger partial charge in [-0.1, -0.05) is 12.1 Å². The van der Waals surface area contributed by atoms with E-state index in [-0.39, 0.29) is 18.0 Å². The number of amides is 1. The van der Waals surface area contributed by atoms with Gasteiger partial charge in [-0.15, -0.1) is 8.78 Å². The molecule has 5 rings (SSSR count). The summed E-state index contributed by atoms with van der Waals surface area (Å²) in [5.74, 6) is -0.816. The van der Waals surface area contributed by atoms with Crippen LogP contribution >= 0.6 is 0 Å². The summed E-state index contributed by atoms with van der Waals surface area (Å²) in [5, 5.41) is 14.0. The highest BCUT2D eigenvalue weighted by Crippen LogP contribution is 2.42. The number of nitriles is 1. The van der Waals surface area contributed by atoms with Crippen LogP contribution in [-0.4, -0.2) is 33.5 Å². The number of alkyl halides is 2. The number of aromatic amines is 1. The molecule has 0 saturated heterocycles. The molecule has 0 bridgehead atoms. The van der Waals surface area contributed by atoms with Gasteiger partial charge in [0.05, 0.1) is 22.5 Å². The van der Waals surface area contributed by atoms with Crippen LogP contribution in [0.1, 0.15) is 12.5 Å². The summed E-state index contributed by atoms with van der Waals surface area (Å²) in [4.78, 5) is 30.6. The van der Waals surface area contributed by atoms with Crippen LogP contribution in [0.4, 0.5) is 14.5 Å². The highest BCUT2D eigenvalue weighted by Gasteiger charge is 2.43. The lowest BCUT2D eigenvalue weighted by Gasteiger charge is -2.21. The third-order valence-corrected chi connectivity index (χ3v) is 5.53. The molecule has 2 aromatic heterocycles. The number of carbonyl (C=O) groups excluding carboxylic acids is 1. The number of fused-ring (bicyclic) bond motifs is 2. The van der Waals surface area contributed by atoms with E-state index < -0.39 is 24.3 Å². The minimum absolute atomic E-state index is 0.137. The molecular weight excluding hydrogens is 460 g/mol. The minimum atomic E-state index is -3.77. The first-order chi connectivity index (χ1) is 16.8. The third-order valence-electron chi connectivity index (χ3n) is 5.53. The van der Waals surface area contributed by atoms with Gasteiger partial charge in [0.15, 0.2) is 11.5 Å². The van der Waals surface area contributed by atoms with Crippen molar-refractivity contribution >= 4 is 22.5 Å². The Balaban J connectivity index is 1.51. The normalized spacial score (nSPS) is 13.5. The SMILES string of the molecule is CCN(C(=O)Cn1nc(-c2cccc(C#N)c2)c2[nH]ccc2c1=O)c1ccc2c(c1)OC(F)(F)O2. The fraction of sp³-hybridized carbons (Fsp3) is 0.167. The monoisotopic (exact) mass is 477 g/mol. The molecule has 1 amide bonds. The van der Waals surface area contributed by atoms with E-state index >= 15 is 0 Å². The van der Waals surface area contributed by atoms with Crippen LogP contribution in [0, 0.1) is 11.3 Å². The Bertz CT molecular complexity index is 1570. The number of halogens is 2. The number of nitrogens with zero attached hydrogens (tertiary/aromatic N) is 4. The molecule has 4 aromatic rings. The van der Waals surface area contributed by atoms with Crippen LogP contribution in [-0.2, 0) is 11.3 Å². The fourth-order valence-corrected chi connectivity index (χ4v) is 3.97. The van der Waals surface area contributed by atoms with Gasteiger partial charge in [-0.2, -0.15) is 10.4 Å². The molecule has 3 heterocycles. The second kappa shape index (κ2) is 8.25. The van der Waals surface area contributed by atoms with E-state index in [1.807, 2.05) is 0 Å². The van der Waals surface area contributed by atoms with E-state index in [1.54, 1.807) is 43.5 Å². The van der Waals surface area contributed by atoms with Gasteiger partial charge >= 0.3 is 6.29 Å². The van der Waals surface area contributed by atoms with Crippen LogP contribution < -0.4 is 19.9 Å². The standard InChI is InChI=1S/C24H17F2N5O4/c1-2-30(16-6-7-18-19(11-16)35-24(25,26)34-18)20(32)13-31-23(33)17-8-9-28-22(17)21(29-31)15-5-3-4-14(10-15)12-27/h3-11,28H,2,13H2,1H3. The molecule has 0 atom stereocenters. The number of ether oxygens (including phenoxy) is 2. The summed E-state index contributed by atoms with van der Waals surface area (Å²) >= 11 is 0. The van der Waals surface area contributed by atoms with E-state index in [0.717, 1.165) is 4.68 Å². The topological polar surface area (TPSA) is 113 Å². The van der Waals surface area contributed by atoms with Crippen LogP contribution in [0.25, 0.3) is 22.2 Å². The molecule has 1 N–H and O–H groups in total. The maximum absolute atomic E-state index is 13.4. The molecule has 9 nitrogen and oxygen atoms in total. The Morgan fingerprint density at radius 1 is 1.20 bits per heavy atom. The zero-order valence-electron chi connectivity index (χ0n) is 18.3. The Hall–Kier alpha value is -4.72. The number of anilines is 1. The first-order valence-electron chi connectivity index (χ1n) is 10.6. The van der Waals surface area contributed by atoms with Crippen molar-refractivity contribution in [2.45, 2.75) is 19.8 Å². The molecule has 0 fully saturated rings. The van der Waals surface area contributed by atoms with Gasteiger partial charge in [0, 0.05) is 30.1 Å². The second-order valence-electron chi connectivity index (χ2n) is 7.71.